The standard InChI is InChI=1S/C23H17N7S/c31-23-27-26-22(18-11-13-24-14-12-18)30(23)25-15-19-16-29(20-9-5-2-6-10-20)28-21(19)17-7-3-1-4-8-17/h1-16H,(H,27,31)/b25-15-. The van der Waals surface area contributed by atoms with Crippen LogP contribution in [0.15, 0.2) is 96.5 Å². The average molecular weight is 424 g/mol. The van der Waals surface area contributed by atoms with Gasteiger partial charge in [0.1, 0.15) is 5.69 Å². The maximum Gasteiger partial charge on any atom is 0.216 e. The van der Waals surface area contributed by atoms with E-state index in [1.165, 1.54) is 0 Å². The van der Waals surface area contributed by atoms with E-state index in [2.05, 4.69) is 20.3 Å². The lowest BCUT2D eigenvalue weighted by atomic mass is 10.1. The largest absolute Gasteiger partial charge is 0.265 e. The van der Waals surface area contributed by atoms with Gasteiger partial charge in [-0.15, -0.1) is 0 Å². The van der Waals surface area contributed by atoms with Gasteiger partial charge in [-0.1, -0.05) is 48.5 Å². The molecule has 0 aliphatic heterocycles. The molecule has 3 aromatic heterocycles. The Hall–Kier alpha value is -4.17. The van der Waals surface area contributed by atoms with Crippen LogP contribution in [-0.2, 0) is 0 Å². The number of para-hydroxylation sites is 1. The van der Waals surface area contributed by atoms with Gasteiger partial charge < -0.3 is 0 Å². The van der Waals surface area contributed by atoms with E-state index in [1.807, 2.05) is 83.7 Å². The van der Waals surface area contributed by atoms with E-state index in [-0.39, 0.29) is 0 Å². The Kier molecular flexibility index (Phi) is 5.04. The molecule has 8 heteroatoms. The summed E-state index contributed by atoms with van der Waals surface area (Å²) in [5.74, 6) is 0.611. The zero-order valence-electron chi connectivity index (χ0n) is 16.3. The molecule has 3 heterocycles. The number of pyridine rings is 1. The van der Waals surface area contributed by atoms with Gasteiger partial charge >= 0.3 is 0 Å². The monoisotopic (exact) mass is 423 g/mol. The number of aromatic nitrogens is 6. The second kappa shape index (κ2) is 8.29. The van der Waals surface area contributed by atoms with Crippen LogP contribution in [0.4, 0.5) is 0 Å². The van der Waals surface area contributed by atoms with Crippen LogP contribution in [0, 0.1) is 4.77 Å². The van der Waals surface area contributed by atoms with Crippen molar-refractivity contribution in [3.8, 4) is 28.3 Å². The molecule has 1 N–H and O–H groups in total. The number of hydrogen-bond donors (Lipinski definition) is 1. The maximum atomic E-state index is 5.39. The predicted octanol–water partition coefficient (Wildman–Crippen LogP) is 4.74. The Morgan fingerprint density at radius 2 is 1.58 bits per heavy atom. The first-order valence-corrected chi connectivity index (χ1v) is 10.0. The first kappa shape index (κ1) is 18.8. The van der Waals surface area contributed by atoms with Crippen LogP contribution in [0.3, 0.4) is 0 Å². The van der Waals surface area contributed by atoms with E-state index in [9.17, 15) is 0 Å². The van der Waals surface area contributed by atoms with Gasteiger partial charge in [0, 0.05) is 35.3 Å². The second-order valence-corrected chi connectivity index (χ2v) is 7.11. The maximum absolute atomic E-state index is 5.39. The highest BCUT2D eigenvalue weighted by atomic mass is 32.1. The number of nitrogens with zero attached hydrogens (tertiary/aromatic N) is 6. The van der Waals surface area contributed by atoms with Crippen LogP contribution in [0.25, 0.3) is 28.3 Å². The number of H-pyrrole nitrogens is 1. The minimum atomic E-state index is 0.403. The normalized spacial score (nSPS) is 11.2. The molecule has 0 amide bonds. The van der Waals surface area contributed by atoms with Crippen LogP contribution in [-0.4, -0.2) is 35.9 Å². The summed E-state index contributed by atoms with van der Waals surface area (Å²) in [6.45, 7) is 0. The molecule has 0 bridgehead atoms. The first-order valence-electron chi connectivity index (χ1n) is 9.62. The number of hydrogen-bond acceptors (Lipinski definition) is 5. The lowest BCUT2D eigenvalue weighted by molar-refractivity contribution is 0.871. The fourth-order valence-electron chi connectivity index (χ4n) is 3.22. The summed E-state index contributed by atoms with van der Waals surface area (Å²) in [5.41, 5.74) is 4.52. The fourth-order valence-corrected chi connectivity index (χ4v) is 3.40. The van der Waals surface area contributed by atoms with Crippen LogP contribution < -0.4 is 0 Å². The minimum absolute atomic E-state index is 0.403. The van der Waals surface area contributed by atoms with E-state index in [4.69, 9.17) is 17.3 Å². The molecule has 0 saturated carbocycles. The van der Waals surface area contributed by atoms with Crippen molar-refractivity contribution in [1.29, 1.82) is 0 Å². The predicted molar refractivity (Wildman–Crippen MR) is 123 cm³/mol. The second-order valence-electron chi connectivity index (χ2n) is 6.72. The lowest BCUT2D eigenvalue weighted by Crippen LogP contribution is -1.95. The molecule has 0 spiro atoms. The molecule has 5 aromatic rings. The highest BCUT2D eigenvalue weighted by Gasteiger charge is 2.12. The van der Waals surface area contributed by atoms with E-state index < -0.39 is 0 Å². The molecule has 0 aliphatic rings. The summed E-state index contributed by atoms with van der Waals surface area (Å²) in [4.78, 5) is 4.05. The van der Waals surface area contributed by atoms with Crippen LogP contribution in [0.5, 0.6) is 0 Å². The summed E-state index contributed by atoms with van der Waals surface area (Å²) in [6, 6.07) is 23.7. The summed E-state index contributed by atoms with van der Waals surface area (Å²) in [5, 5.41) is 16.6. The summed E-state index contributed by atoms with van der Waals surface area (Å²) in [7, 11) is 0. The molecule has 0 saturated heterocycles. The molecule has 0 fully saturated rings. The van der Waals surface area contributed by atoms with Gasteiger partial charge in [0.25, 0.3) is 0 Å². The molecule has 7 nitrogen and oxygen atoms in total. The third-order valence-electron chi connectivity index (χ3n) is 4.71. The highest BCUT2D eigenvalue weighted by molar-refractivity contribution is 7.71. The van der Waals surface area contributed by atoms with Crippen molar-refractivity contribution < 1.29 is 0 Å². The van der Waals surface area contributed by atoms with Crippen molar-refractivity contribution in [1.82, 2.24) is 29.6 Å². The van der Waals surface area contributed by atoms with Gasteiger partial charge in [-0.3, -0.25) is 4.98 Å². The Balaban J connectivity index is 1.60. The van der Waals surface area contributed by atoms with E-state index in [0.29, 0.717) is 10.6 Å². The van der Waals surface area contributed by atoms with Crippen LogP contribution in [0.1, 0.15) is 5.56 Å². The SMILES string of the molecule is S=c1[nH]nc(-c2ccncc2)n1/N=C\c1cn(-c2ccccc2)nc1-c1ccccc1. The average Bonchev–Trinajstić information content (AvgIpc) is 3.43. The quantitative estimate of drug-likeness (QED) is 0.327. The zero-order chi connectivity index (χ0) is 21.0. The molecule has 0 radical (unpaired) electrons. The molecule has 0 aliphatic carbocycles. The Bertz CT molecular complexity index is 1380. The van der Waals surface area contributed by atoms with Gasteiger partial charge in [0.15, 0.2) is 5.82 Å². The van der Waals surface area contributed by atoms with Gasteiger partial charge in [0.2, 0.25) is 4.77 Å². The van der Waals surface area contributed by atoms with E-state index in [0.717, 1.165) is 28.1 Å². The van der Waals surface area contributed by atoms with Gasteiger partial charge in [-0.05, 0) is 36.5 Å². The third-order valence-corrected chi connectivity index (χ3v) is 4.98. The van der Waals surface area contributed by atoms with Crippen molar-refractivity contribution in [3.63, 3.8) is 0 Å². The fraction of sp³-hybridized carbons (Fsp3) is 0. The number of benzene rings is 2. The van der Waals surface area contributed by atoms with E-state index in [1.54, 1.807) is 23.3 Å². The molecule has 2 aromatic carbocycles. The molecule has 0 atom stereocenters. The first-order chi connectivity index (χ1) is 15.3. The third kappa shape index (κ3) is 3.84. The zero-order valence-corrected chi connectivity index (χ0v) is 17.1. The van der Waals surface area contributed by atoms with Crippen molar-refractivity contribution in [2.45, 2.75) is 0 Å². The molecular formula is C23H17N7S. The topological polar surface area (TPSA) is 76.7 Å². The minimum Gasteiger partial charge on any atom is -0.265 e. The smallest absolute Gasteiger partial charge is 0.216 e. The molecule has 31 heavy (non-hydrogen) atoms. The van der Waals surface area contributed by atoms with Crippen molar-refractivity contribution in [2.75, 3.05) is 0 Å². The molecule has 5 rings (SSSR count). The molecule has 150 valence electrons. The highest BCUT2D eigenvalue weighted by Crippen LogP contribution is 2.23. The number of rotatable bonds is 5. The number of nitrogens with one attached hydrogen (secondary N) is 1. The van der Waals surface area contributed by atoms with Crippen LogP contribution >= 0.6 is 12.2 Å². The van der Waals surface area contributed by atoms with Gasteiger partial charge in [0.05, 0.1) is 11.9 Å². The Morgan fingerprint density at radius 1 is 0.871 bits per heavy atom. The molecular weight excluding hydrogens is 406 g/mol. The molecule has 0 unspecified atom stereocenters. The Labute approximate surface area is 183 Å². The van der Waals surface area contributed by atoms with Crippen molar-refractivity contribution in [2.24, 2.45) is 5.10 Å². The Morgan fingerprint density at radius 3 is 2.32 bits per heavy atom. The van der Waals surface area contributed by atoms with E-state index >= 15 is 0 Å². The summed E-state index contributed by atoms with van der Waals surface area (Å²) in [6.07, 6.45) is 7.12. The van der Waals surface area contributed by atoms with Gasteiger partial charge in [-0.25, -0.2) is 9.78 Å². The van der Waals surface area contributed by atoms with Crippen molar-refractivity contribution >= 4 is 18.4 Å². The number of aromatic amines is 1. The van der Waals surface area contributed by atoms with Crippen LogP contribution in [0.2, 0.25) is 0 Å². The lowest BCUT2D eigenvalue weighted by Gasteiger charge is -2.01. The summed E-state index contributed by atoms with van der Waals surface area (Å²) >= 11 is 5.39. The summed E-state index contributed by atoms with van der Waals surface area (Å²) < 4.78 is 3.85. The van der Waals surface area contributed by atoms with Gasteiger partial charge in [-0.2, -0.15) is 20.0 Å². The van der Waals surface area contributed by atoms with Crippen molar-refractivity contribution in [3.05, 3.63) is 102 Å².